The third kappa shape index (κ3) is 26.8. The van der Waals surface area contributed by atoms with E-state index in [1.54, 1.807) is 0 Å². The standard InChI is InChI=1S/C19H32O2.C18H30O2.2C17H28O2.2C17H30O2.12CH4/c1-6-17(2,3)16(20)21-18(4,5)19-10-13-7-14(11-19)9-15(8-13)12-19;1-6-16(2,3)15(19)20-17(4,5)18-10-12-7-13(11-18)9-14(18)8-12;1-5-16(2,3)15(18)19-17(4)13-7-11-6-12(9-13)10-14(17)8-11;1-5-16(2,3)15(18)19-17(4)10-11-9-14(17)13-8-6-7-12(11)13;1-5-16(2,3)15(18)19-17(4)12-8-10-13-9-6-7-11-14(13)17;1-5-16(2,3)15(18)19-17(4)11-10-13-8-6-7-9-14(13)12-17;;;;;;;;;;;;/h13-15H,6-12H2,1-5H3;12-14H,6-11H2,1-5H3;2*11-14H,5-10H2,1-4H3;2*13-14H,5-12H2,1-4H3;12*1H4. The maximum atomic E-state index is 12.6. The third-order valence-electron chi connectivity index (χ3n) is 38.4. The molecular weight excluding hydrogens is 1600 g/mol. The second-order valence-corrected chi connectivity index (χ2v) is 49.4. The zero-order valence-electron chi connectivity index (χ0n) is 80.3. The Hall–Kier alpha value is -3.18. The van der Waals surface area contributed by atoms with Crippen molar-refractivity contribution in [2.75, 3.05) is 0 Å². The predicted octanol–water partition coefficient (Wildman–Crippen LogP) is 35.0. The van der Waals surface area contributed by atoms with Gasteiger partial charge in [0.15, 0.2) is 0 Å². The van der Waals surface area contributed by atoms with E-state index >= 15 is 0 Å². The van der Waals surface area contributed by atoms with Crippen molar-refractivity contribution >= 4 is 35.8 Å². The number of rotatable bonds is 20. The molecule has 0 heterocycles. The molecule has 19 fully saturated rings. The van der Waals surface area contributed by atoms with Gasteiger partial charge in [0.05, 0.1) is 32.5 Å². The fourth-order valence-corrected chi connectivity index (χ4v) is 28.2. The van der Waals surface area contributed by atoms with Crippen molar-refractivity contribution in [2.45, 2.75) is 566 Å². The summed E-state index contributed by atoms with van der Waals surface area (Å²) in [6.07, 6.45) is 51.0. The summed E-state index contributed by atoms with van der Waals surface area (Å²) >= 11 is 0. The highest BCUT2D eigenvalue weighted by atomic mass is 16.6. The highest BCUT2D eigenvalue weighted by molar-refractivity contribution is 5.79. The van der Waals surface area contributed by atoms with E-state index in [4.69, 9.17) is 28.4 Å². The van der Waals surface area contributed by atoms with Crippen LogP contribution in [0.15, 0.2) is 0 Å². The Balaban J connectivity index is 0. The van der Waals surface area contributed by atoms with E-state index in [2.05, 4.69) is 96.9 Å². The molecule has 19 aliphatic carbocycles. The van der Waals surface area contributed by atoms with E-state index in [-0.39, 0.29) is 202 Å². The van der Waals surface area contributed by atoms with Crippen molar-refractivity contribution in [1.82, 2.24) is 0 Å². The third-order valence-corrected chi connectivity index (χ3v) is 38.4. The summed E-state index contributed by atoms with van der Waals surface area (Å²) in [5.74, 6) is 14.8. The molecule has 0 aromatic carbocycles. The minimum atomic E-state index is -0.362. The smallest absolute Gasteiger partial charge is 0.312 e. The van der Waals surface area contributed by atoms with E-state index in [0.717, 1.165) is 147 Å². The molecule has 0 amide bonds. The number of ether oxygens (including phenoxy) is 6. The van der Waals surface area contributed by atoms with Crippen LogP contribution >= 0.6 is 0 Å². The Labute approximate surface area is 804 Å². The molecule has 0 radical (unpaired) electrons. The highest BCUT2D eigenvalue weighted by Crippen LogP contribution is 2.71. The van der Waals surface area contributed by atoms with Crippen LogP contribution in [0, 0.1) is 150 Å². The zero-order valence-corrected chi connectivity index (χ0v) is 80.3. The van der Waals surface area contributed by atoms with Gasteiger partial charge in [-0.1, -0.05) is 182 Å². The van der Waals surface area contributed by atoms with Crippen LogP contribution in [-0.4, -0.2) is 69.4 Å². The fraction of sp³-hybridized carbons (Fsp3) is 0.949. The number of carbonyl (C=O) groups is 6. The lowest BCUT2D eigenvalue weighted by Crippen LogP contribution is -2.58. The molecule has 129 heavy (non-hydrogen) atoms. The zero-order chi connectivity index (χ0) is 86.1. The lowest BCUT2D eigenvalue weighted by molar-refractivity contribution is -0.211. The van der Waals surface area contributed by atoms with Gasteiger partial charge in [0.25, 0.3) is 0 Å². The van der Waals surface area contributed by atoms with Gasteiger partial charge in [-0.05, 0) is 445 Å². The van der Waals surface area contributed by atoms with Crippen LogP contribution in [0.2, 0.25) is 0 Å². The van der Waals surface area contributed by atoms with Gasteiger partial charge in [-0.3, -0.25) is 28.8 Å². The van der Waals surface area contributed by atoms with Crippen LogP contribution in [0.25, 0.3) is 0 Å². The highest BCUT2D eigenvalue weighted by Gasteiger charge is 2.67. The molecule has 19 rings (SSSR count). The van der Waals surface area contributed by atoms with Gasteiger partial charge in [0, 0.05) is 22.7 Å². The summed E-state index contributed by atoms with van der Waals surface area (Å²) in [5, 5.41) is 0. The average molecular weight is 1830 g/mol. The van der Waals surface area contributed by atoms with E-state index < -0.39 is 0 Å². The molecule has 19 saturated carbocycles. The number of carbonyl (C=O) groups excluding carboxylic acids is 6. The number of esters is 6. The lowest BCUT2D eigenvalue weighted by Gasteiger charge is -2.61. The van der Waals surface area contributed by atoms with Crippen LogP contribution in [0.5, 0.6) is 0 Å². The Morgan fingerprint density at radius 2 is 0.612 bits per heavy atom. The van der Waals surface area contributed by atoms with Crippen molar-refractivity contribution in [1.29, 1.82) is 0 Å². The molecule has 12 nitrogen and oxygen atoms in total. The molecular formula is C117H226O12. The Morgan fingerprint density at radius 3 is 1.05 bits per heavy atom. The van der Waals surface area contributed by atoms with Crippen molar-refractivity contribution in [3.63, 3.8) is 0 Å². The minimum Gasteiger partial charge on any atom is -0.459 e. The van der Waals surface area contributed by atoms with Crippen molar-refractivity contribution in [3.8, 4) is 0 Å². The summed E-state index contributed by atoms with van der Waals surface area (Å²) < 4.78 is 36.5. The predicted molar refractivity (Wildman–Crippen MR) is 553 cm³/mol. The van der Waals surface area contributed by atoms with Crippen LogP contribution in [-0.2, 0) is 57.2 Å². The van der Waals surface area contributed by atoms with Gasteiger partial charge >= 0.3 is 35.8 Å². The van der Waals surface area contributed by atoms with Gasteiger partial charge < -0.3 is 28.4 Å². The van der Waals surface area contributed by atoms with E-state index in [1.165, 1.54) is 199 Å². The largest absolute Gasteiger partial charge is 0.459 e. The molecule has 14 bridgehead atoms. The first kappa shape index (κ1) is 128. The van der Waals surface area contributed by atoms with Gasteiger partial charge in [0.2, 0.25) is 0 Å². The van der Waals surface area contributed by atoms with Crippen LogP contribution in [0.1, 0.15) is 532 Å². The molecule has 13 atom stereocenters. The van der Waals surface area contributed by atoms with Gasteiger partial charge in [-0.25, -0.2) is 0 Å². The molecule has 19 aliphatic rings. The molecule has 0 aromatic rings. The first-order valence-electron chi connectivity index (χ1n) is 49.8. The molecule has 13 unspecified atom stereocenters. The molecule has 12 heteroatoms. The Kier molecular flexibility index (Phi) is 47.5. The van der Waals surface area contributed by atoms with Crippen LogP contribution < -0.4 is 0 Å². The summed E-state index contributed by atoms with van der Waals surface area (Å²) in [6.45, 7) is 53.9. The first-order chi connectivity index (χ1) is 54.3. The van der Waals surface area contributed by atoms with Gasteiger partial charge in [0.1, 0.15) is 33.6 Å². The molecule has 0 aromatic heterocycles. The first-order valence-corrected chi connectivity index (χ1v) is 49.8. The second-order valence-electron chi connectivity index (χ2n) is 49.4. The quantitative estimate of drug-likeness (QED) is 0.0840. The molecule has 0 saturated heterocycles. The topological polar surface area (TPSA) is 158 Å². The normalized spacial score (nSPS) is 36.0. The number of fused-ring (bicyclic) bond motifs is 7. The second kappa shape index (κ2) is 47.9. The lowest BCUT2D eigenvalue weighted by atomic mass is 9.46. The van der Waals surface area contributed by atoms with Crippen LogP contribution in [0.3, 0.4) is 0 Å². The molecule has 0 spiro atoms. The van der Waals surface area contributed by atoms with Gasteiger partial charge in [-0.2, -0.15) is 0 Å². The van der Waals surface area contributed by atoms with Crippen molar-refractivity contribution in [3.05, 3.63) is 0 Å². The molecule has 0 aliphatic heterocycles. The SMILES string of the molecule is C.C.C.C.C.C.C.C.C.C.C.C.CCC(C)(C)C(=O)OC(C)(C)C12CC3CC(CC(C3)C1)C2.CCC(C)(C)C(=O)OC(C)(C)C12CC3CC(CC1C3)C2.CCC(C)(C)C(=O)OC1(C)C2CC3CC(C2)CC1C3.CCC(C)(C)C(=O)OC1(C)CC2CC1C1CCCC21.CCC(C)(C)C(=O)OC1(C)CCC2CCCCC2C1.CCC(C)(C)C(=O)OC1(C)CCCC2CCCCC21. The summed E-state index contributed by atoms with van der Waals surface area (Å²) in [4.78, 5) is 74.7. The molecule has 0 N–H and O–H groups in total. The van der Waals surface area contributed by atoms with Crippen LogP contribution in [0.4, 0.5) is 0 Å². The van der Waals surface area contributed by atoms with E-state index in [1.807, 2.05) is 83.1 Å². The monoisotopic (exact) mass is 1820 g/mol. The number of hydrogen-bond donors (Lipinski definition) is 0. The summed E-state index contributed by atoms with van der Waals surface area (Å²) in [6, 6.07) is 0. The molecule has 766 valence electrons. The summed E-state index contributed by atoms with van der Waals surface area (Å²) in [5.41, 5.74) is -2.90. The van der Waals surface area contributed by atoms with E-state index in [0.29, 0.717) is 23.7 Å². The minimum absolute atomic E-state index is 0. The average Bonchev–Trinajstić information content (AvgIpc) is 1.69. The maximum absolute atomic E-state index is 12.6. The Morgan fingerprint density at radius 1 is 0.271 bits per heavy atom. The maximum Gasteiger partial charge on any atom is 0.312 e. The van der Waals surface area contributed by atoms with Crippen molar-refractivity contribution in [2.24, 2.45) is 150 Å². The number of hydrogen-bond acceptors (Lipinski definition) is 12. The Bertz CT molecular complexity index is 3350. The van der Waals surface area contributed by atoms with Gasteiger partial charge in [-0.15, -0.1) is 0 Å². The van der Waals surface area contributed by atoms with E-state index in [9.17, 15) is 28.8 Å². The van der Waals surface area contributed by atoms with Crippen molar-refractivity contribution < 1.29 is 57.2 Å². The fourth-order valence-electron chi connectivity index (χ4n) is 28.2. The summed E-state index contributed by atoms with van der Waals surface area (Å²) in [7, 11) is 0.